The molecule has 144 valence electrons. The highest BCUT2D eigenvalue weighted by Crippen LogP contribution is 2.18. The first-order valence-corrected chi connectivity index (χ1v) is 8.90. The minimum atomic E-state index is -0.271. The molecular weight excluding hydrogens is 357 g/mol. The largest absolute Gasteiger partial charge is 0.378 e. The first-order chi connectivity index (χ1) is 13.5. The van der Waals surface area contributed by atoms with E-state index >= 15 is 0 Å². The average Bonchev–Trinajstić information content (AvgIpc) is 2.70. The van der Waals surface area contributed by atoms with Crippen molar-refractivity contribution >= 4 is 23.2 Å². The molecule has 2 aromatic carbocycles. The standard InChI is InChI=1S/C21H22FN5O/c1-27(2)19-9-7-18(8-10-19)26-21-24-13-16(14-25-21)20(28)23-12-11-15-3-5-17(22)6-4-15/h3-10,13-14H,11-12H2,1-2H3,(H,23,28)(H,24,25,26). The molecule has 2 N–H and O–H groups in total. The summed E-state index contributed by atoms with van der Waals surface area (Å²) in [5.74, 6) is -0.100. The predicted molar refractivity (Wildman–Crippen MR) is 109 cm³/mol. The summed E-state index contributed by atoms with van der Waals surface area (Å²) in [5.41, 5.74) is 3.30. The third-order valence-corrected chi connectivity index (χ3v) is 4.17. The molecule has 0 unspecified atom stereocenters. The van der Waals surface area contributed by atoms with Crippen molar-refractivity contribution in [2.75, 3.05) is 30.9 Å². The Balaban J connectivity index is 1.51. The molecule has 1 heterocycles. The van der Waals surface area contributed by atoms with Crippen LogP contribution in [0.2, 0.25) is 0 Å². The summed E-state index contributed by atoms with van der Waals surface area (Å²) in [6.07, 6.45) is 3.59. The summed E-state index contributed by atoms with van der Waals surface area (Å²) in [7, 11) is 3.96. The van der Waals surface area contributed by atoms with Crippen LogP contribution in [0.3, 0.4) is 0 Å². The smallest absolute Gasteiger partial charge is 0.254 e. The van der Waals surface area contributed by atoms with Gasteiger partial charge in [-0.1, -0.05) is 12.1 Å². The van der Waals surface area contributed by atoms with Gasteiger partial charge in [0.1, 0.15) is 5.82 Å². The summed E-state index contributed by atoms with van der Waals surface area (Å²) < 4.78 is 12.9. The van der Waals surface area contributed by atoms with Crippen molar-refractivity contribution in [3.05, 3.63) is 77.9 Å². The number of hydrogen-bond donors (Lipinski definition) is 2. The first kappa shape index (κ1) is 19.3. The number of benzene rings is 2. The molecule has 0 aliphatic heterocycles. The Morgan fingerprint density at radius 3 is 2.25 bits per heavy atom. The number of carbonyl (C=O) groups is 1. The normalized spacial score (nSPS) is 10.4. The van der Waals surface area contributed by atoms with Gasteiger partial charge < -0.3 is 15.5 Å². The molecule has 0 spiro atoms. The van der Waals surface area contributed by atoms with Crippen LogP contribution in [0.25, 0.3) is 0 Å². The SMILES string of the molecule is CN(C)c1ccc(Nc2ncc(C(=O)NCCc3ccc(F)cc3)cn2)cc1. The minimum Gasteiger partial charge on any atom is -0.378 e. The molecule has 0 saturated carbocycles. The van der Waals surface area contributed by atoms with Crippen molar-refractivity contribution in [1.29, 1.82) is 0 Å². The lowest BCUT2D eigenvalue weighted by atomic mass is 10.1. The Hall–Kier alpha value is -3.48. The van der Waals surface area contributed by atoms with E-state index in [0.717, 1.165) is 16.9 Å². The zero-order valence-electron chi connectivity index (χ0n) is 15.8. The van der Waals surface area contributed by atoms with Crippen molar-refractivity contribution in [2.24, 2.45) is 0 Å². The molecule has 0 saturated heterocycles. The highest BCUT2D eigenvalue weighted by Gasteiger charge is 2.07. The Morgan fingerprint density at radius 1 is 1.00 bits per heavy atom. The molecule has 0 aliphatic rings. The molecule has 0 bridgehead atoms. The maximum absolute atomic E-state index is 12.9. The maximum atomic E-state index is 12.9. The molecule has 7 heteroatoms. The molecule has 3 aromatic rings. The lowest BCUT2D eigenvalue weighted by molar-refractivity contribution is 0.0953. The number of amides is 1. The maximum Gasteiger partial charge on any atom is 0.254 e. The van der Waals surface area contributed by atoms with Gasteiger partial charge in [0.2, 0.25) is 5.95 Å². The van der Waals surface area contributed by atoms with Gasteiger partial charge in [-0.3, -0.25) is 4.79 Å². The van der Waals surface area contributed by atoms with Gasteiger partial charge in [-0.15, -0.1) is 0 Å². The highest BCUT2D eigenvalue weighted by atomic mass is 19.1. The van der Waals surface area contributed by atoms with Crippen molar-refractivity contribution in [3.8, 4) is 0 Å². The fourth-order valence-electron chi connectivity index (χ4n) is 2.56. The number of hydrogen-bond acceptors (Lipinski definition) is 5. The Kier molecular flexibility index (Phi) is 6.16. The third kappa shape index (κ3) is 5.26. The van der Waals surface area contributed by atoms with Crippen LogP contribution in [0.4, 0.5) is 21.7 Å². The van der Waals surface area contributed by atoms with Gasteiger partial charge >= 0.3 is 0 Å². The number of aromatic nitrogens is 2. The van der Waals surface area contributed by atoms with Gasteiger partial charge in [0, 0.05) is 44.4 Å². The van der Waals surface area contributed by atoms with Gasteiger partial charge in [0.05, 0.1) is 5.56 Å². The summed E-state index contributed by atoms with van der Waals surface area (Å²) in [5, 5.41) is 5.91. The van der Waals surface area contributed by atoms with Crippen LogP contribution < -0.4 is 15.5 Å². The lowest BCUT2D eigenvalue weighted by Gasteiger charge is -2.13. The summed E-state index contributed by atoms with van der Waals surface area (Å²) >= 11 is 0. The molecule has 3 rings (SSSR count). The molecule has 0 radical (unpaired) electrons. The number of nitrogens with one attached hydrogen (secondary N) is 2. The molecule has 0 atom stereocenters. The van der Waals surface area contributed by atoms with E-state index in [2.05, 4.69) is 20.6 Å². The summed E-state index contributed by atoms with van der Waals surface area (Å²) in [4.78, 5) is 22.6. The molecule has 6 nitrogen and oxygen atoms in total. The van der Waals surface area contributed by atoms with Gasteiger partial charge in [0.25, 0.3) is 5.91 Å². The van der Waals surface area contributed by atoms with E-state index in [1.807, 2.05) is 43.3 Å². The van der Waals surface area contributed by atoms with E-state index in [-0.39, 0.29) is 11.7 Å². The van der Waals surface area contributed by atoms with Gasteiger partial charge in [0.15, 0.2) is 0 Å². The Labute approximate surface area is 163 Å². The van der Waals surface area contributed by atoms with Crippen LogP contribution in [0.1, 0.15) is 15.9 Å². The number of carbonyl (C=O) groups excluding carboxylic acids is 1. The minimum absolute atomic E-state index is 0.246. The van der Waals surface area contributed by atoms with E-state index in [9.17, 15) is 9.18 Å². The van der Waals surface area contributed by atoms with Crippen molar-refractivity contribution in [3.63, 3.8) is 0 Å². The zero-order chi connectivity index (χ0) is 19.9. The zero-order valence-corrected chi connectivity index (χ0v) is 15.8. The number of anilines is 3. The van der Waals surface area contributed by atoms with Crippen molar-refractivity contribution in [2.45, 2.75) is 6.42 Å². The monoisotopic (exact) mass is 379 g/mol. The van der Waals surface area contributed by atoms with Gasteiger partial charge in [-0.2, -0.15) is 0 Å². The van der Waals surface area contributed by atoms with Crippen LogP contribution in [0.5, 0.6) is 0 Å². The Bertz CT molecular complexity index is 909. The second kappa shape index (κ2) is 8.94. The van der Waals surface area contributed by atoms with E-state index < -0.39 is 0 Å². The lowest BCUT2D eigenvalue weighted by Crippen LogP contribution is -2.26. The molecule has 0 aliphatic carbocycles. The first-order valence-electron chi connectivity index (χ1n) is 8.90. The molecule has 0 fully saturated rings. The summed E-state index contributed by atoms with van der Waals surface area (Å²) in [6, 6.07) is 14.1. The second-order valence-corrected chi connectivity index (χ2v) is 6.49. The van der Waals surface area contributed by atoms with E-state index in [0.29, 0.717) is 24.5 Å². The number of rotatable bonds is 7. The average molecular weight is 379 g/mol. The summed E-state index contributed by atoms with van der Waals surface area (Å²) in [6.45, 7) is 0.447. The van der Waals surface area contributed by atoms with Crippen LogP contribution in [0.15, 0.2) is 60.9 Å². The molecule has 1 aromatic heterocycles. The third-order valence-electron chi connectivity index (χ3n) is 4.17. The molecular formula is C21H22FN5O. The van der Waals surface area contributed by atoms with E-state index in [4.69, 9.17) is 0 Å². The number of nitrogens with zero attached hydrogens (tertiary/aromatic N) is 3. The fraction of sp³-hybridized carbons (Fsp3) is 0.190. The van der Waals surface area contributed by atoms with Crippen molar-refractivity contribution in [1.82, 2.24) is 15.3 Å². The second-order valence-electron chi connectivity index (χ2n) is 6.49. The van der Waals surface area contributed by atoms with Gasteiger partial charge in [-0.05, 0) is 48.4 Å². The number of halogens is 1. The quantitative estimate of drug-likeness (QED) is 0.658. The van der Waals surface area contributed by atoms with Gasteiger partial charge in [-0.25, -0.2) is 14.4 Å². The van der Waals surface area contributed by atoms with Crippen molar-refractivity contribution < 1.29 is 9.18 Å². The van der Waals surface area contributed by atoms with Crippen LogP contribution in [-0.2, 0) is 6.42 Å². The fourth-order valence-corrected chi connectivity index (χ4v) is 2.56. The predicted octanol–water partition coefficient (Wildman–Crippen LogP) is 3.40. The van der Waals surface area contributed by atoms with Crippen LogP contribution >= 0.6 is 0 Å². The van der Waals surface area contributed by atoms with E-state index in [1.165, 1.54) is 24.5 Å². The van der Waals surface area contributed by atoms with Crippen LogP contribution in [-0.4, -0.2) is 36.5 Å². The van der Waals surface area contributed by atoms with Crippen LogP contribution in [0, 0.1) is 5.82 Å². The molecule has 1 amide bonds. The highest BCUT2D eigenvalue weighted by molar-refractivity contribution is 5.93. The molecule has 28 heavy (non-hydrogen) atoms. The Morgan fingerprint density at radius 2 is 1.64 bits per heavy atom. The topological polar surface area (TPSA) is 70.2 Å². The van der Waals surface area contributed by atoms with E-state index in [1.54, 1.807) is 12.1 Å².